The molecule has 2 amide bonds. The van der Waals surface area contributed by atoms with Crippen molar-refractivity contribution in [3.05, 3.63) is 41.7 Å². The second-order valence-corrected chi connectivity index (χ2v) is 6.20. The first kappa shape index (κ1) is 18.8. The minimum atomic E-state index is -0.800. The van der Waals surface area contributed by atoms with E-state index in [4.69, 9.17) is 4.74 Å². The molecule has 1 atom stereocenters. The number of aliphatic hydroxyl groups is 1. The van der Waals surface area contributed by atoms with Gasteiger partial charge in [0.15, 0.2) is 0 Å². The molecule has 0 fully saturated rings. The van der Waals surface area contributed by atoms with Crippen LogP contribution in [0.5, 0.6) is 5.75 Å². The Morgan fingerprint density at radius 2 is 1.96 bits per heavy atom. The molecule has 0 unspecified atom stereocenters. The number of benzene rings is 1. The molecule has 0 spiro atoms. The highest BCUT2D eigenvalue weighted by molar-refractivity contribution is 5.90. The molecular weight excluding hydrogens is 320 g/mol. The third-order valence-electron chi connectivity index (χ3n) is 3.74. The summed E-state index contributed by atoms with van der Waals surface area (Å²) in [6.45, 7) is 8.03. The fourth-order valence-electron chi connectivity index (χ4n) is 2.48. The van der Waals surface area contributed by atoms with E-state index < -0.39 is 6.10 Å². The Bertz CT molecular complexity index is 698. The second kappa shape index (κ2) is 8.53. The molecule has 7 heteroatoms. The number of hydrogen-bond donors (Lipinski definition) is 3. The van der Waals surface area contributed by atoms with Gasteiger partial charge < -0.3 is 20.5 Å². The smallest absolute Gasteiger partial charge is 0.319 e. The van der Waals surface area contributed by atoms with Crippen LogP contribution in [0.25, 0.3) is 0 Å². The Morgan fingerprint density at radius 3 is 2.56 bits per heavy atom. The van der Waals surface area contributed by atoms with Gasteiger partial charge in [-0.25, -0.2) is 4.79 Å². The number of hydrogen-bond acceptors (Lipinski definition) is 4. The maximum atomic E-state index is 12.1. The Labute approximate surface area is 148 Å². The first-order valence-corrected chi connectivity index (χ1v) is 8.35. The largest absolute Gasteiger partial charge is 0.491 e. The lowest BCUT2D eigenvalue weighted by atomic mass is 10.3. The van der Waals surface area contributed by atoms with E-state index in [1.165, 1.54) is 0 Å². The number of aromatic nitrogens is 2. The minimum absolute atomic E-state index is 0.0923. The molecule has 1 aromatic carbocycles. The molecule has 3 N–H and O–H groups in total. The van der Waals surface area contributed by atoms with Gasteiger partial charge >= 0.3 is 6.03 Å². The number of aliphatic hydroxyl groups excluding tert-OH is 1. The molecular formula is C18H26N4O3. The van der Waals surface area contributed by atoms with E-state index in [0.717, 1.165) is 11.4 Å². The third kappa shape index (κ3) is 5.22. The summed E-state index contributed by atoms with van der Waals surface area (Å²) in [6.07, 6.45) is -0.800. The molecule has 0 aliphatic heterocycles. The van der Waals surface area contributed by atoms with E-state index in [2.05, 4.69) is 15.7 Å². The summed E-state index contributed by atoms with van der Waals surface area (Å²) in [4.78, 5) is 12.1. The molecule has 1 heterocycles. The molecule has 0 saturated heterocycles. The number of para-hydroxylation sites is 1. The lowest BCUT2D eigenvalue weighted by Gasteiger charge is -2.14. The average molecular weight is 346 g/mol. The number of carbonyl (C=O) groups excluding carboxylic acids is 1. The maximum absolute atomic E-state index is 12.1. The zero-order valence-electron chi connectivity index (χ0n) is 15.1. The van der Waals surface area contributed by atoms with Crippen LogP contribution in [0, 0.1) is 13.8 Å². The summed E-state index contributed by atoms with van der Waals surface area (Å²) in [7, 11) is 0. The first-order chi connectivity index (χ1) is 11.9. The summed E-state index contributed by atoms with van der Waals surface area (Å²) in [6, 6.07) is 9.06. The van der Waals surface area contributed by atoms with Gasteiger partial charge in [-0.15, -0.1) is 0 Å². The molecule has 7 nitrogen and oxygen atoms in total. The molecule has 0 bridgehead atoms. The predicted molar refractivity (Wildman–Crippen MR) is 97.1 cm³/mol. The molecule has 2 rings (SSSR count). The fraction of sp³-hybridized carbons (Fsp3) is 0.444. The van der Waals surface area contributed by atoms with Gasteiger partial charge in [-0.05, 0) is 39.8 Å². The highest BCUT2D eigenvalue weighted by atomic mass is 16.5. The Kier molecular flexibility index (Phi) is 6.41. The van der Waals surface area contributed by atoms with Crippen LogP contribution in [0.2, 0.25) is 0 Å². The molecule has 1 aromatic heterocycles. The van der Waals surface area contributed by atoms with Crippen molar-refractivity contribution in [2.75, 3.05) is 18.5 Å². The SMILES string of the molecule is Cc1nn(C(C)C)c(C)c1NC(=O)NC[C@@H](O)COc1ccccc1. The van der Waals surface area contributed by atoms with Crippen LogP contribution in [0.15, 0.2) is 30.3 Å². The van der Waals surface area contributed by atoms with Gasteiger partial charge in [-0.3, -0.25) is 4.68 Å². The van der Waals surface area contributed by atoms with Crippen LogP contribution >= 0.6 is 0 Å². The molecule has 136 valence electrons. The molecule has 0 aliphatic rings. The van der Waals surface area contributed by atoms with Gasteiger partial charge in [-0.2, -0.15) is 5.10 Å². The first-order valence-electron chi connectivity index (χ1n) is 8.35. The molecule has 0 saturated carbocycles. The van der Waals surface area contributed by atoms with Gasteiger partial charge in [-0.1, -0.05) is 18.2 Å². The van der Waals surface area contributed by atoms with Crippen molar-refractivity contribution < 1.29 is 14.6 Å². The highest BCUT2D eigenvalue weighted by Crippen LogP contribution is 2.22. The maximum Gasteiger partial charge on any atom is 0.319 e. The highest BCUT2D eigenvalue weighted by Gasteiger charge is 2.16. The van der Waals surface area contributed by atoms with Crippen molar-refractivity contribution in [2.45, 2.75) is 39.8 Å². The summed E-state index contributed by atoms with van der Waals surface area (Å²) in [5, 5.41) is 19.8. The quantitative estimate of drug-likeness (QED) is 0.719. The normalized spacial score (nSPS) is 12.1. The van der Waals surface area contributed by atoms with Crippen molar-refractivity contribution in [1.29, 1.82) is 0 Å². The van der Waals surface area contributed by atoms with Gasteiger partial charge in [0.2, 0.25) is 0 Å². The second-order valence-electron chi connectivity index (χ2n) is 6.20. The number of nitrogens with zero attached hydrogens (tertiary/aromatic N) is 2. The van der Waals surface area contributed by atoms with E-state index in [1.54, 1.807) is 0 Å². The summed E-state index contributed by atoms with van der Waals surface area (Å²) in [5.74, 6) is 0.679. The molecule has 0 aliphatic carbocycles. The van der Waals surface area contributed by atoms with Crippen LogP contribution in [0.4, 0.5) is 10.5 Å². The topological polar surface area (TPSA) is 88.4 Å². The van der Waals surface area contributed by atoms with Gasteiger partial charge in [0.1, 0.15) is 18.5 Å². The van der Waals surface area contributed by atoms with Crippen molar-refractivity contribution in [1.82, 2.24) is 15.1 Å². The van der Waals surface area contributed by atoms with Crippen LogP contribution in [0.3, 0.4) is 0 Å². The molecule has 0 radical (unpaired) electrons. The van der Waals surface area contributed by atoms with E-state index in [1.807, 2.05) is 62.7 Å². The van der Waals surface area contributed by atoms with Crippen LogP contribution in [0.1, 0.15) is 31.3 Å². The van der Waals surface area contributed by atoms with Gasteiger partial charge in [0.05, 0.1) is 17.1 Å². The standard InChI is InChI=1S/C18H26N4O3/c1-12(2)22-14(4)17(13(3)21-22)20-18(24)19-10-15(23)11-25-16-8-6-5-7-9-16/h5-9,12,15,23H,10-11H2,1-4H3,(H2,19,20,24)/t15-/m1/s1. The van der Waals surface area contributed by atoms with E-state index in [-0.39, 0.29) is 25.2 Å². The number of amides is 2. The van der Waals surface area contributed by atoms with E-state index >= 15 is 0 Å². The van der Waals surface area contributed by atoms with Crippen LogP contribution in [-0.4, -0.2) is 40.2 Å². The Balaban J connectivity index is 1.80. The number of anilines is 1. The van der Waals surface area contributed by atoms with Crippen LogP contribution in [-0.2, 0) is 0 Å². The van der Waals surface area contributed by atoms with Crippen molar-refractivity contribution in [2.24, 2.45) is 0 Å². The zero-order valence-corrected chi connectivity index (χ0v) is 15.1. The number of ether oxygens (including phenoxy) is 1. The number of carbonyl (C=O) groups is 1. The van der Waals surface area contributed by atoms with Gasteiger partial charge in [0.25, 0.3) is 0 Å². The minimum Gasteiger partial charge on any atom is -0.491 e. The van der Waals surface area contributed by atoms with Crippen molar-refractivity contribution in [3.63, 3.8) is 0 Å². The van der Waals surface area contributed by atoms with Gasteiger partial charge in [0, 0.05) is 12.6 Å². The number of rotatable bonds is 7. The van der Waals surface area contributed by atoms with Crippen LogP contribution < -0.4 is 15.4 Å². The lowest BCUT2D eigenvalue weighted by Crippen LogP contribution is -2.37. The summed E-state index contributed by atoms with van der Waals surface area (Å²) >= 11 is 0. The average Bonchev–Trinajstić information content (AvgIpc) is 2.87. The third-order valence-corrected chi connectivity index (χ3v) is 3.74. The number of urea groups is 1. The van der Waals surface area contributed by atoms with E-state index in [9.17, 15) is 9.90 Å². The number of nitrogens with one attached hydrogen (secondary N) is 2. The monoisotopic (exact) mass is 346 g/mol. The summed E-state index contributed by atoms with van der Waals surface area (Å²) in [5.41, 5.74) is 2.35. The van der Waals surface area contributed by atoms with E-state index in [0.29, 0.717) is 11.4 Å². The summed E-state index contributed by atoms with van der Waals surface area (Å²) < 4.78 is 7.32. The zero-order chi connectivity index (χ0) is 18.4. The number of aryl methyl sites for hydroxylation is 1. The Morgan fingerprint density at radius 1 is 1.28 bits per heavy atom. The van der Waals surface area contributed by atoms with Crippen molar-refractivity contribution in [3.8, 4) is 5.75 Å². The lowest BCUT2D eigenvalue weighted by molar-refractivity contribution is 0.108. The molecule has 25 heavy (non-hydrogen) atoms. The van der Waals surface area contributed by atoms with Crippen molar-refractivity contribution >= 4 is 11.7 Å². The molecule has 2 aromatic rings. The fourth-order valence-corrected chi connectivity index (χ4v) is 2.48. The Hall–Kier alpha value is -2.54. The predicted octanol–water partition coefficient (Wildman–Crippen LogP) is 2.64.